The molecular formula is C23H31N3O6S2. The molecule has 3 rings (SSSR count). The average molecular weight is 510 g/mol. The number of ether oxygens (including phenoxy) is 1. The number of hydrogen-bond acceptors (Lipinski definition) is 6. The van der Waals surface area contributed by atoms with Gasteiger partial charge in [0.05, 0.1) is 9.79 Å². The number of amides is 1. The lowest BCUT2D eigenvalue weighted by Gasteiger charge is -2.29. The molecule has 1 aliphatic heterocycles. The molecule has 2 N–H and O–H groups in total. The molecule has 0 bridgehead atoms. The fraction of sp³-hybridized carbons (Fsp3) is 0.435. The van der Waals surface area contributed by atoms with Crippen LogP contribution in [0.15, 0.2) is 58.3 Å². The van der Waals surface area contributed by atoms with E-state index in [9.17, 15) is 21.6 Å². The minimum atomic E-state index is -3.64. The number of carbonyl (C=O) groups is 1. The van der Waals surface area contributed by atoms with Gasteiger partial charge in [-0.15, -0.1) is 0 Å². The smallest absolute Gasteiger partial charge is 0.257 e. The highest BCUT2D eigenvalue weighted by Gasteiger charge is 2.28. The summed E-state index contributed by atoms with van der Waals surface area (Å²) in [5.74, 6) is 0.469. The second kappa shape index (κ2) is 11.3. The molecule has 9 nitrogen and oxygen atoms in total. The van der Waals surface area contributed by atoms with Crippen molar-refractivity contribution >= 4 is 26.0 Å². The summed E-state index contributed by atoms with van der Waals surface area (Å²) in [4.78, 5) is 12.3. The SMILES string of the molecule is Cc1ccc(S(=O)(=O)NCCNC(=O)COc2ccc(S(=O)(=O)N3CCC(C)CC3)cc2)cc1. The number of piperidine rings is 1. The van der Waals surface area contributed by atoms with Crippen LogP contribution >= 0.6 is 0 Å². The molecule has 2 aromatic rings. The molecule has 0 aromatic heterocycles. The Balaban J connectivity index is 1.41. The van der Waals surface area contributed by atoms with Gasteiger partial charge in [0.1, 0.15) is 5.75 Å². The van der Waals surface area contributed by atoms with Crippen molar-refractivity contribution in [3.63, 3.8) is 0 Å². The molecule has 1 saturated heterocycles. The number of nitrogens with zero attached hydrogens (tertiary/aromatic N) is 1. The number of nitrogens with one attached hydrogen (secondary N) is 2. The summed E-state index contributed by atoms with van der Waals surface area (Å²) >= 11 is 0. The number of hydrogen-bond donors (Lipinski definition) is 2. The molecule has 11 heteroatoms. The molecule has 34 heavy (non-hydrogen) atoms. The van der Waals surface area contributed by atoms with Crippen molar-refractivity contribution in [3.8, 4) is 5.75 Å². The summed E-state index contributed by atoms with van der Waals surface area (Å²) in [5.41, 5.74) is 0.958. The van der Waals surface area contributed by atoms with Crippen molar-refractivity contribution < 1.29 is 26.4 Å². The van der Waals surface area contributed by atoms with Gasteiger partial charge in [-0.3, -0.25) is 4.79 Å². The largest absolute Gasteiger partial charge is 0.484 e. The number of benzene rings is 2. The van der Waals surface area contributed by atoms with Crippen LogP contribution in [0.25, 0.3) is 0 Å². The first-order chi connectivity index (χ1) is 16.1. The molecule has 0 unspecified atom stereocenters. The van der Waals surface area contributed by atoms with E-state index in [4.69, 9.17) is 4.74 Å². The zero-order valence-electron chi connectivity index (χ0n) is 19.4. The van der Waals surface area contributed by atoms with Gasteiger partial charge in [0, 0.05) is 26.2 Å². The Hall–Kier alpha value is -2.47. The van der Waals surface area contributed by atoms with Crippen molar-refractivity contribution in [2.45, 2.75) is 36.5 Å². The van der Waals surface area contributed by atoms with E-state index >= 15 is 0 Å². The summed E-state index contributed by atoms with van der Waals surface area (Å²) < 4.78 is 59.3. The van der Waals surface area contributed by atoms with Crippen LogP contribution in [0.2, 0.25) is 0 Å². The minimum absolute atomic E-state index is 0.0315. The van der Waals surface area contributed by atoms with Crippen molar-refractivity contribution in [1.29, 1.82) is 0 Å². The van der Waals surface area contributed by atoms with Crippen LogP contribution in [0.5, 0.6) is 5.75 Å². The lowest BCUT2D eigenvalue weighted by Crippen LogP contribution is -2.37. The Labute approximate surface area is 201 Å². The summed E-state index contributed by atoms with van der Waals surface area (Å²) in [7, 11) is -7.18. The third-order valence-electron chi connectivity index (χ3n) is 5.64. The molecular weight excluding hydrogens is 478 g/mol. The molecule has 0 saturated carbocycles. The van der Waals surface area contributed by atoms with Crippen LogP contribution in [-0.2, 0) is 24.8 Å². The third kappa shape index (κ3) is 7.02. The highest BCUT2D eigenvalue weighted by atomic mass is 32.2. The van der Waals surface area contributed by atoms with E-state index in [2.05, 4.69) is 17.0 Å². The Morgan fingerprint density at radius 1 is 0.941 bits per heavy atom. The van der Waals surface area contributed by atoms with Gasteiger partial charge < -0.3 is 10.1 Å². The molecule has 0 atom stereocenters. The van der Waals surface area contributed by atoms with Gasteiger partial charge in [-0.25, -0.2) is 21.6 Å². The summed E-state index contributed by atoms with van der Waals surface area (Å²) in [6.07, 6.45) is 1.70. The Morgan fingerprint density at radius 2 is 1.53 bits per heavy atom. The predicted octanol–water partition coefficient (Wildman–Crippen LogP) is 1.89. The monoisotopic (exact) mass is 509 g/mol. The molecule has 1 fully saturated rings. The standard InChI is InChI=1S/C23H31N3O6S2/c1-18-3-7-21(8-4-18)33(28,29)25-14-13-24-23(27)17-32-20-5-9-22(10-6-20)34(30,31)26-15-11-19(2)12-16-26/h3-10,19,25H,11-17H2,1-2H3,(H,24,27). The van der Waals surface area contributed by atoms with Gasteiger partial charge in [-0.1, -0.05) is 24.6 Å². The molecule has 0 radical (unpaired) electrons. The normalized spacial score (nSPS) is 15.7. The topological polar surface area (TPSA) is 122 Å². The van der Waals surface area contributed by atoms with Crippen LogP contribution in [0.1, 0.15) is 25.3 Å². The maximum absolute atomic E-state index is 12.8. The zero-order valence-corrected chi connectivity index (χ0v) is 21.0. The summed E-state index contributed by atoms with van der Waals surface area (Å²) in [6.45, 7) is 4.87. The van der Waals surface area contributed by atoms with Crippen molar-refractivity contribution in [3.05, 3.63) is 54.1 Å². The van der Waals surface area contributed by atoms with E-state index in [1.807, 2.05) is 6.92 Å². The van der Waals surface area contributed by atoms with E-state index in [-0.39, 0.29) is 29.5 Å². The molecule has 0 aliphatic carbocycles. The van der Waals surface area contributed by atoms with Gasteiger partial charge in [0.2, 0.25) is 20.0 Å². The fourth-order valence-corrected chi connectivity index (χ4v) is 5.97. The van der Waals surface area contributed by atoms with Crippen LogP contribution in [0, 0.1) is 12.8 Å². The quantitative estimate of drug-likeness (QED) is 0.472. The number of carbonyl (C=O) groups excluding carboxylic acids is 1. The molecule has 2 aromatic carbocycles. The van der Waals surface area contributed by atoms with Crippen LogP contribution < -0.4 is 14.8 Å². The van der Waals surface area contributed by atoms with Crippen molar-refractivity contribution in [2.75, 3.05) is 32.8 Å². The number of sulfonamides is 2. The van der Waals surface area contributed by atoms with Gasteiger partial charge in [0.15, 0.2) is 6.61 Å². The van der Waals surface area contributed by atoms with E-state index in [1.165, 1.54) is 40.7 Å². The summed E-state index contributed by atoms with van der Waals surface area (Å²) in [6, 6.07) is 12.4. The Kier molecular flexibility index (Phi) is 8.69. The van der Waals surface area contributed by atoms with Gasteiger partial charge >= 0.3 is 0 Å². The summed E-state index contributed by atoms with van der Waals surface area (Å²) in [5, 5.41) is 2.57. The van der Waals surface area contributed by atoms with Crippen LogP contribution in [0.3, 0.4) is 0 Å². The second-order valence-electron chi connectivity index (χ2n) is 8.41. The van der Waals surface area contributed by atoms with E-state index in [0.717, 1.165) is 18.4 Å². The average Bonchev–Trinajstić information content (AvgIpc) is 2.81. The van der Waals surface area contributed by atoms with Crippen molar-refractivity contribution in [2.24, 2.45) is 5.92 Å². The third-order valence-corrected chi connectivity index (χ3v) is 9.03. The Bertz CT molecular complexity index is 1170. The molecule has 1 amide bonds. The fourth-order valence-electron chi connectivity index (χ4n) is 3.47. The zero-order chi connectivity index (χ0) is 24.8. The van der Waals surface area contributed by atoms with Gasteiger partial charge in [-0.05, 0) is 62.1 Å². The van der Waals surface area contributed by atoms with Gasteiger partial charge in [-0.2, -0.15) is 4.31 Å². The first kappa shape index (κ1) is 26.1. The molecule has 186 valence electrons. The second-order valence-corrected chi connectivity index (χ2v) is 12.1. The van der Waals surface area contributed by atoms with Gasteiger partial charge in [0.25, 0.3) is 5.91 Å². The molecule has 1 aliphatic rings. The van der Waals surface area contributed by atoms with Crippen LogP contribution in [-0.4, -0.2) is 59.8 Å². The van der Waals surface area contributed by atoms with E-state index in [0.29, 0.717) is 24.8 Å². The first-order valence-electron chi connectivity index (χ1n) is 11.1. The lowest BCUT2D eigenvalue weighted by molar-refractivity contribution is -0.123. The lowest BCUT2D eigenvalue weighted by atomic mass is 10.0. The van der Waals surface area contributed by atoms with E-state index < -0.39 is 26.0 Å². The highest BCUT2D eigenvalue weighted by molar-refractivity contribution is 7.89. The van der Waals surface area contributed by atoms with Crippen molar-refractivity contribution in [1.82, 2.24) is 14.3 Å². The number of rotatable bonds is 10. The Morgan fingerprint density at radius 3 is 2.15 bits per heavy atom. The number of aryl methyl sites for hydroxylation is 1. The van der Waals surface area contributed by atoms with Crippen LogP contribution in [0.4, 0.5) is 0 Å². The molecule has 0 spiro atoms. The van der Waals surface area contributed by atoms with E-state index in [1.54, 1.807) is 12.1 Å². The molecule has 1 heterocycles. The highest BCUT2D eigenvalue weighted by Crippen LogP contribution is 2.24. The minimum Gasteiger partial charge on any atom is -0.484 e. The first-order valence-corrected chi connectivity index (χ1v) is 14.1. The maximum Gasteiger partial charge on any atom is 0.257 e. The predicted molar refractivity (Wildman–Crippen MR) is 128 cm³/mol. The maximum atomic E-state index is 12.8.